The number of nitrogens with zero attached hydrogens (tertiary/aromatic N) is 1. The highest BCUT2D eigenvalue weighted by Crippen LogP contribution is 2.42. The van der Waals surface area contributed by atoms with Crippen LogP contribution in [0.3, 0.4) is 0 Å². The van der Waals surface area contributed by atoms with Crippen molar-refractivity contribution in [2.45, 2.75) is 63.3 Å². The highest BCUT2D eigenvalue weighted by molar-refractivity contribution is 8.04. The molecule has 2 atom stereocenters. The number of hydrogen-bond acceptors (Lipinski definition) is 3. The van der Waals surface area contributed by atoms with Gasteiger partial charge in [0.1, 0.15) is 5.82 Å². The van der Waals surface area contributed by atoms with Gasteiger partial charge in [-0.25, -0.2) is 4.39 Å². The number of hydrogen-bond donors (Lipinski definition) is 1. The van der Waals surface area contributed by atoms with Gasteiger partial charge in [-0.1, -0.05) is 50.5 Å². The Hall–Kier alpha value is -2.60. The molecule has 2 unspecified atom stereocenters. The molecular formula is C27H31FN2O2S. The Morgan fingerprint density at radius 3 is 2.58 bits per heavy atom. The van der Waals surface area contributed by atoms with Crippen molar-refractivity contribution >= 4 is 29.7 Å². The van der Waals surface area contributed by atoms with E-state index in [1.807, 2.05) is 35.2 Å². The number of amides is 2. The van der Waals surface area contributed by atoms with E-state index in [9.17, 15) is 14.0 Å². The zero-order chi connectivity index (χ0) is 23.2. The second-order valence-electron chi connectivity index (χ2n) is 8.81. The Bertz CT molecular complexity index is 1000. The summed E-state index contributed by atoms with van der Waals surface area (Å²) in [6.45, 7) is 3.27. The summed E-state index contributed by atoms with van der Waals surface area (Å²) in [6.07, 6.45) is 8.37. The zero-order valence-corrected chi connectivity index (χ0v) is 19.9. The SMILES string of the molecule is CCCCNC(=O)c1ccc(/C=C2\SC3CCCCC3N(Cc3ccc(F)cc3)C2=O)cc1. The van der Waals surface area contributed by atoms with Crippen molar-refractivity contribution in [2.75, 3.05) is 6.54 Å². The summed E-state index contributed by atoms with van der Waals surface area (Å²) >= 11 is 1.69. The average Bonchev–Trinajstić information content (AvgIpc) is 2.83. The topological polar surface area (TPSA) is 49.4 Å². The predicted octanol–water partition coefficient (Wildman–Crippen LogP) is 5.78. The van der Waals surface area contributed by atoms with Gasteiger partial charge in [0.05, 0.1) is 4.91 Å². The maximum Gasteiger partial charge on any atom is 0.260 e. The standard InChI is InChI=1S/C27H31FN2O2S/c1-2-3-16-29-26(31)21-12-8-19(9-13-21)17-25-27(32)30(18-20-10-14-22(28)15-11-20)23-6-4-5-7-24(23)33-25/h8-15,17,23-24H,2-7,16,18H2,1H3,(H,29,31)/b25-17-. The number of unbranched alkanes of at least 4 members (excludes halogenated alkanes) is 1. The molecule has 2 fully saturated rings. The molecule has 0 aromatic heterocycles. The number of nitrogens with one attached hydrogen (secondary N) is 1. The smallest absolute Gasteiger partial charge is 0.260 e. The molecule has 1 aliphatic heterocycles. The van der Waals surface area contributed by atoms with Gasteiger partial charge in [0, 0.05) is 29.9 Å². The molecule has 2 amide bonds. The zero-order valence-electron chi connectivity index (χ0n) is 19.1. The molecule has 1 aliphatic carbocycles. The molecule has 0 spiro atoms. The number of carbonyl (C=O) groups is 2. The number of rotatable bonds is 7. The Morgan fingerprint density at radius 1 is 1.12 bits per heavy atom. The molecule has 2 aromatic carbocycles. The van der Waals surface area contributed by atoms with Gasteiger partial charge < -0.3 is 10.2 Å². The fraction of sp³-hybridized carbons (Fsp3) is 0.407. The lowest BCUT2D eigenvalue weighted by molar-refractivity contribution is -0.130. The number of benzene rings is 2. The lowest BCUT2D eigenvalue weighted by Crippen LogP contribution is -2.50. The molecule has 2 aromatic rings. The Morgan fingerprint density at radius 2 is 1.85 bits per heavy atom. The van der Waals surface area contributed by atoms with Gasteiger partial charge in [-0.3, -0.25) is 9.59 Å². The van der Waals surface area contributed by atoms with E-state index in [4.69, 9.17) is 0 Å². The van der Waals surface area contributed by atoms with E-state index in [1.165, 1.54) is 18.6 Å². The average molecular weight is 467 g/mol. The van der Waals surface area contributed by atoms with Crippen LogP contribution in [-0.2, 0) is 11.3 Å². The fourth-order valence-corrected chi connectivity index (χ4v) is 5.98. The van der Waals surface area contributed by atoms with Gasteiger partial charge in [-0.05, 0) is 60.7 Å². The molecule has 1 heterocycles. The lowest BCUT2D eigenvalue weighted by atomic mass is 9.92. The fourth-order valence-electron chi connectivity index (χ4n) is 4.51. The van der Waals surface area contributed by atoms with Gasteiger partial charge >= 0.3 is 0 Å². The maximum absolute atomic E-state index is 13.5. The Balaban J connectivity index is 1.52. The van der Waals surface area contributed by atoms with Crippen molar-refractivity contribution in [2.24, 2.45) is 0 Å². The summed E-state index contributed by atoms with van der Waals surface area (Å²) in [5.41, 5.74) is 2.48. The van der Waals surface area contributed by atoms with Crippen LogP contribution in [0.25, 0.3) is 6.08 Å². The van der Waals surface area contributed by atoms with Crippen molar-refractivity contribution < 1.29 is 14.0 Å². The highest BCUT2D eigenvalue weighted by atomic mass is 32.2. The third kappa shape index (κ3) is 5.85. The quantitative estimate of drug-likeness (QED) is 0.415. The number of fused-ring (bicyclic) bond motifs is 1. The minimum absolute atomic E-state index is 0.0360. The number of halogens is 1. The monoisotopic (exact) mass is 466 g/mol. The normalized spacial score (nSPS) is 21.7. The summed E-state index contributed by atoms with van der Waals surface area (Å²) in [5.74, 6) is -0.298. The van der Waals surface area contributed by atoms with Crippen LogP contribution >= 0.6 is 11.8 Å². The summed E-state index contributed by atoms with van der Waals surface area (Å²) in [4.78, 5) is 28.4. The van der Waals surface area contributed by atoms with E-state index >= 15 is 0 Å². The lowest BCUT2D eigenvalue weighted by Gasteiger charge is -2.44. The van der Waals surface area contributed by atoms with Crippen molar-refractivity contribution in [3.63, 3.8) is 0 Å². The van der Waals surface area contributed by atoms with Gasteiger partial charge in [0.15, 0.2) is 0 Å². The van der Waals surface area contributed by atoms with Gasteiger partial charge in [-0.2, -0.15) is 0 Å². The third-order valence-corrected chi connectivity index (χ3v) is 7.77. The first-order valence-electron chi connectivity index (χ1n) is 11.9. The van der Waals surface area contributed by atoms with Crippen LogP contribution in [0.4, 0.5) is 4.39 Å². The van der Waals surface area contributed by atoms with Crippen LogP contribution in [0.2, 0.25) is 0 Å². The first kappa shape index (κ1) is 23.6. The largest absolute Gasteiger partial charge is 0.352 e. The molecule has 174 valence electrons. The molecule has 1 N–H and O–H groups in total. The molecule has 4 rings (SSSR count). The molecule has 0 radical (unpaired) electrons. The molecule has 2 aliphatic rings. The highest BCUT2D eigenvalue weighted by Gasteiger charge is 2.40. The maximum atomic E-state index is 13.5. The van der Waals surface area contributed by atoms with Crippen LogP contribution in [0.1, 0.15) is 66.9 Å². The second-order valence-corrected chi connectivity index (χ2v) is 10.1. The van der Waals surface area contributed by atoms with Gasteiger partial charge in [-0.15, -0.1) is 11.8 Å². The van der Waals surface area contributed by atoms with E-state index in [2.05, 4.69) is 12.2 Å². The van der Waals surface area contributed by atoms with Crippen LogP contribution in [0.5, 0.6) is 0 Å². The summed E-state index contributed by atoms with van der Waals surface area (Å²) in [5, 5.41) is 3.31. The molecule has 33 heavy (non-hydrogen) atoms. The van der Waals surface area contributed by atoms with E-state index in [0.29, 0.717) is 23.9 Å². The molecular weight excluding hydrogens is 435 g/mol. The Kier molecular flexibility index (Phi) is 7.86. The van der Waals surface area contributed by atoms with Gasteiger partial charge in [0.2, 0.25) is 0 Å². The molecule has 0 bridgehead atoms. The van der Waals surface area contributed by atoms with Crippen molar-refractivity contribution in [1.29, 1.82) is 0 Å². The summed E-state index contributed by atoms with van der Waals surface area (Å²) < 4.78 is 13.4. The summed E-state index contributed by atoms with van der Waals surface area (Å²) in [7, 11) is 0. The minimum Gasteiger partial charge on any atom is -0.352 e. The molecule has 6 heteroatoms. The van der Waals surface area contributed by atoms with E-state index in [0.717, 1.165) is 48.1 Å². The second kappa shape index (κ2) is 11.0. The van der Waals surface area contributed by atoms with E-state index in [-0.39, 0.29) is 23.7 Å². The van der Waals surface area contributed by atoms with Crippen molar-refractivity contribution in [3.8, 4) is 0 Å². The van der Waals surface area contributed by atoms with Crippen LogP contribution in [-0.4, -0.2) is 34.6 Å². The minimum atomic E-state index is -0.266. The van der Waals surface area contributed by atoms with Crippen LogP contribution in [0.15, 0.2) is 53.4 Å². The van der Waals surface area contributed by atoms with Crippen molar-refractivity contribution in [3.05, 3.63) is 75.9 Å². The Labute approximate surface area is 199 Å². The van der Waals surface area contributed by atoms with Gasteiger partial charge in [0.25, 0.3) is 11.8 Å². The first-order chi connectivity index (χ1) is 16.0. The predicted molar refractivity (Wildman–Crippen MR) is 132 cm³/mol. The number of thioether (sulfide) groups is 1. The molecule has 4 nitrogen and oxygen atoms in total. The van der Waals surface area contributed by atoms with Crippen LogP contribution in [0, 0.1) is 5.82 Å². The molecule has 1 saturated carbocycles. The molecule has 1 saturated heterocycles. The number of carbonyl (C=O) groups excluding carboxylic acids is 2. The van der Waals surface area contributed by atoms with E-state index < -0.39 is 0 Å². The van der Waals surface area contributed by atoms with Crippen molar-refractivity contribution in [1.82, 2.24) is 10.2 Å². The third-order valence-electron chi connectivity index (χ3n) is 6.37. The summed E-state index contributed by atoms with van der Waals surface area (Å²) in [6, 6.07) is 14.1. The van der Waals surface area contributed by atoms with Crippen LogP contribution < -0.4 is 5.32 Å². The van der Waals surface area contributed by atoms with E-state index in [1.54, 1.807) is 23.9 Å². The first-order valence-corrected chi connectivity index (χ1v) is 12.7.